The topological polar surface area (TPSA) is 86.3 Å². The number of hydrogen-bond acceptors (Lipinski definition) is 6. The van der Waals surface area contributed by atoms with E-state index >= 15 is 0 Å². The second kappa shape index (κ2) is 8.68. The first kappa shape index (κ1) is 22.3. The molecule has 0 radical (unpaired) electrons. The molecule has 2 saturated heterocycles. The summed E-state index contributed by atoms with van der Waals surface area (Å²) in [6.07, 6.45) is 4.09. The van der Waals surface area contributed by atoms with Crippen molar-refractivity contribution in [3.63, 3.8) is 0 Å². The summed E-state index contributed by atoms with van der Waals surface area (Å²) >= 11 is 0. The summed E-state index contributed by atoms with van der Waals surface area (Å²) in [5.41, 5.74) is 0.915. The first-order valence-corrected chi connectivity index (χ1v) is 11.3. The number of nitrogens with one attached hydrogen (secondary N) is 1. The van der Waals surface area contributed by atoms with Crippen LogP contribution in [0.5, 0.6) is 17.2 Å². The van der Waals surface area contributed by atoms with E-state index in [4.69, 9.17) is 18.9 Å². The number of anilines is 1. The molecule has 0 aromatic heterocycles. The Bertz CT molecular complexity index is 1150. The third-order valence-electron chi connectivity index (χ3n) is 6.94. The molecule has 34 heavy (non-hydrogen) atoms. The Morgan fingerprint density at radius 3 is 2.62 bits per heavy atom. The SMILES string of the molecule is COc1ccc(CCNC(=O)C2C3C(=O)N(c4ccccc4OC)C[C@]34C=C[C@@H]2O4)cc1OC. The van der Waals surface area contributed by atoms with Crippen molar-refractivity contribution in [1.82, 2.24) is 5.32 Å². The van der Waals surface area contributed by atoms with Gasteiger partial charge in [0.05, 0.1) is 51.5 Å². The van der Waals surface area contributed by atoms with Crippen LogP contribution in [0.4, 0.5) is 5.69 Å². The highest BCUT2D eigenvalue weighted by Crippen LogP contribution is 2.53. The average molecular weight is 465 g/mol. The zero-order valence-electron chi connectivity index (χ0n) is 19.4. The van der Waals surface area contributed by atoms with E-state index in [0.29, 0.717) is 42.4 Å². The number of rotatable bonds is 8. The molecule has 2 aromatic rings. The number of benzene rings is 2. The molecule has 3 aliphatic rings. The molecule has 0 saturated carbocycles. The van der Waals surface area contributed by atoms with Gasteiger partial charge in [-0.2, -0.15) is 0 Å². The smallest absolute Gasteiger partial charge is 0.234 e. The van der Waals surface area contributed by atoms with Crippen LogP contribution in [0.2, 0.25) is 0 Å². The van der Waals surface area contributed by atoms with E-state index in [0.717, 1.165) is 5.56 Å². The quantitative estimate of drug-likeness (QED) is 0.604. The lowest BCUT2D eigenvalue weighted by molar-refractivity contribution is -0.131. The first-order chi connectivity index (χ1) is 16.5. The highest BCUT2D eigenvalue weighted by atomic mass is 16.5. The molecule has 2 aromatic carbocycles. The molecule has 2 amide bonds. The van der Waals surface area contributed by atoms with Crippen LogP contribution in [-0.4, -0.2) is 57.9 Å². The van der Waals surface area contributed by atoms with Crippen molar-refractivity contribution in [1.29, 1.82) is 0 Å². The predicted octanol–water partition coefficient (Wildman–Crippen LogP) is 2.36. The van der Waals surface area contributed by atoms with Crippen LogP contribution >= 0.6 is 0 Å². The van der Waals surface area contributed by atoms with Crippen LogP contribution in [0, 0.1) is 11.8 Å². The van der Waals surface area contributed by atoms with Gasteiger partial charge in [0.1, 0.15) is 11.4 Å². The number of hydrogen-bond donors (Lipinski definition) is 1. The first-order valence-electron chi connectivity index (χ1n) is 11.3. The summed E-state index contributed by atoms with van der Waals surface area (Å²) in [6, 6.07) is 13.1. The molecule has 2 fully saturated rings. The molecule has 8 nitrogen and oxygen atoms in total. The van der Waals surface area contributed by atoms with Gasteiger partial charge in [0.15, 0.2) is 11.5 Å². The van der Waals surface area contributed by atoms with Crippen LogP contribution in [0.25, 0.3) is 0 Å². The van der Waals surface area contributed by atoms with Crippen molar-refractivity contribution in [2.24, 2.45) is 11.8 Å². The van der Waals surface area contributed by atoms with E-state index in [1.807, 2.05) is 54.6 Å². The summed E-state index contributed by atoms with van der Waals surface area (Å²) in [7, 11) is 4.76. The van der Waals surface area contributed by atoms with Gasteiger partial charge in [0.25, 0.3) is 0 Å². The summed E-state index contributed by atoms with van der Waals surface area (Å²) in [4.78, 5) is 28.4. The lowest BCUT2D eigenvalue weighted by atomic mass is 9.77. The molecule has 8 heteroatoms. The van der Waals surface area contributed by atoms with Crippen LogP contribution in [-0.2, 0) is 20.7 Å². The van der Waals surface area contributed by atoms with E-state index < -0.39 is 23.5 Å². The predicted molar refractivity (Wildman–Crippen MR) is 125 cm³/mol. The van der Waals surface area contributed by atoms with E-state index in [-0.39, 0.29) is 11.8 Å². The van der Waals surface area contributed by atoms with Gasteiger partial charge < -0.3 is 29.2 Å². The third kappa shape index (κ3) is 3.49. The van der Waals surface area contributed by atoms with Crippen molar-refractivity contribution in [2.75, 3.05) is 39.3 Å². The minimum absolute atomic E-state index is 0.114. The van der Waals surface area contributed by atoms with E-state index in [1.165, 1.54) is 0 Å². The molecule has 5 rings (SSSR count). The van der Waals surface area contributed by atoms with Crippen LogP contribution in [0.15, 0.2) is 54.6 Å². The summed E-state index contributed by atoms with van der Waals surface area (Å²) < 4.78 is 22.3. The Morgan fingerprint density at radius 1 is 1.09 bits per heavy atom. The van der Waals surface area contributed by atoms with E-state index in [9.17, 15) is 9.59 Å². The molecular formula is C26H28N2O6. The highest BCUT2D eigenvalue weighted by molar-refractivity contribution is 6.04. The molecular weight excluding hydrogens is 436 g/mol. The van der Waals surface area contributed by atoms with Gasteiger partial charge in [0.2, 0.25) is 11.8 Å². The maximum atomic E-state index is 13.5. The maximum absolute atomic E-state index is 13.5. The van der Waals surface area contributed by atoms with Crippen LogP contribution in [0.1, 0.15) is 5.56 Å². The lowest BCUT2D eigenvalue weighted by Crippen LogP contribution is -2.44. The molecule has 1 spiro atoms. The second-order valence-corrected chi connectivity index (χ2v) is 8.73. The largest absolute Gasteiger partial charge is 0.495 e. The molecule has 1 N–H and O–H groups in total. The van der Waals surface area contributed by atoms with Gasteiger partial charge in [0, 0.05) is 6.54 Å². The van der Waals surface area contributed by atoms with Crippen molar-refractivity contribution in [3.8, 4) is 17.2 Å². The van der Waals surface area contributed by atoms with Gasteiger partial charge in [-0.1, -0.05) is 30.4 Å². The van der Waals surface area contributed by atoms with Gasteiger partial charge in [-0.05, 0) is 36.2 Å². The number of nitrogens with zero attached hydrogens (tertiary/aromatic N) is 1. The molecule has 178 valence electrons. The number of carbonyl (C=O) groups excluding carboxylic acids is 2. The van der Waals surface area contributed by atoms with E-state index in [2.05, 4.69) is 5.32 Å². The molecule has 4 atom stereocenters. The summed E-state index contributed by atoms with van der Waals surface area (Å²) in [6.45, 7) is 0.796. The van der Waals surface area contributed by atoms with Crippen molar-refractivity contribution < 1.29 is 28.5 Å². The number of methoxy groups -OCH3 is 3. The fourth-order valence-corrected chi connectivity index (χ4v) is 5.34. The van der Waals surface area contributed by atoms with Gasteiger partial charge >= 0.3 is 0 Å². The Kier molecular flexibility index (Phi) is 5.69. The maximum Gasteiger partial charge on any atom is 0.234 e. The molecule has 0 aliphatic carbocycles. The minimum atomic E-state index is -0.784. The molecule has 2 unspecified atom stereocenters. The zero-order chi connectivity index (χ0) is 23.9. The Morgan fingerprint density at radius 2 is 1.85 bits per heavy atom. The lowest BCUT2D eigenvalue weighted by Gasteiger charge is -2.23. The van der Waals surface area contributed by atoms with Crippen LogP contribution < -0.4 is 24.4 Å². The molecule has 3 heterocycles. The normalized spacial score (nSPS) is 26.5. The summed E-state index contributed by atoms with van der Waals surface area (Å²) in [5, 5.41) is 3.01. The van der Waals surface area contributed by atoms with Gasteiger partial charge in [-0.3, -0.25) is 9.59 Å². The average Bonchev–Trinajstić information content (AvgIpc) is 3.51. The van der Waals surface area contributed by atoms with Crippen molar-refractivity contribution in [2.45, 2.75) is 18.1 Å². The molecule has 2 bridgehead atoms. The second-order valence-electron chi connectivity index (χ2n) is 8.73. The van der Waals surface area contributed by atoms with Crippen molar-refractivity contribution in [3.05, 3.63) is 60.2 Å². The fraction of sp³-hybridized carbons (Fsp3) is 0.385. The number of amides is 2. The Labute approximate surface area is 198 Å². The summed E-state index contributed by atoms with van der Waals surface area (Å²) in [5.74, 6) is 0.504. The van der Waals surface area contributed by atoms with Gasteiger partial charge in [-0.25, -0.2) is 0 Å². The zero-order valence-corrected chi connectivity index (χ0v) is 19.4. The fourth-order valence-electron chi connectivity index (χ4n) is 5.34. The molecule has 3 aliphatic heterocycles. The number of ether oxygens (including phenoxy) is 4. The minimum Gasteiger partial charge on any atom is -0.495 e. The number of fused-ring (bicyclic) bond motifs is 1. The Hall–Kier alpha value is -3.52. The highest BCUT2D eigenvalue weighted by Gasteiger charge is 2.67. The van der Waals surface area contributed by atoms with Crippen molar-refractivity contribution >= 4 is 17.5 Å². The standard InChI is InChI=1S/C26H28N2O6/c1-31-18-7-5-4-6-17(18)28-15-26-12-10-20(34-26)22(23(26)25(28)30)24(29)27-13-11-16-8-9-19(32-2)21(14-16)33-3/h4-10,12,14,20,22-23H,11,13,15H2,1-3H3,(H,27,29)/t20-,22?,23?,26+/m0/s1. The third-order valence-corrected chi connectivity index (χ3v) is 6.94. The number of para-hydroxylation sites is 2. The monoisotopic (exact) mass is 464 g/mol. The van der Waals surface area contributed by atoms with Gasteiger partial charge in [-0.15, -0.1) is 0 Å². The number of carbonyl (C=O) groups is 2. The Balaban J connectivity index is 1.29. The van der Waals surface area contributed by atoms with E-state index in [1.54, 1.807) is 26.2 Å². The van der Waals surface area contributed by atoms with Crippen LogP contribution in [0.3, 0.4) is 0 Å².